The highest BCUT2D eigenvalue weighted by Gasteiger charge is 2.56. The van der Waals surface area contributed by atoms with E-state index in [1.807, 2.05) is 6.92 Å². The second-order valence-corrected chi connectivity index (χ2v) is 16.0. The maximum absolute atomic E-state index is 13.0. The molecule has 1 heterocycles. The Kier molecular flexibility index (Phi) is 7.49. The molecule has 0 aromatic heterocycles. The van der Waals surface area contributed by atoms with Crippen molar-refractivity contribution in [3.05, 3.63) is 0 Å². The van der Waals surface area contributed by atoms with Crippen molar-refractivity contribution in [3.63, 3.8) is 0 Å². The van der Waals surface area contributed by atoms with Gasteiger partial charge in [0.2, 0.25) is 0 Å². The molecule has 2 fully saturated rings. The van der Waals surface area contributed by atoms with Crippen molar-refractivity contribution in [2.24, 2.45) is 11.3 Å². The van der Waals surface area contributed by atoms with Crippen LogP contribution in [0.4, 0.5) is 0 Å². The minimum absolute atomic E-state index is 0.0256. The van der Waals surface area contributed by atoms with E-state index >= 15 is 0 Å². The van der Waals surface area contributed by atoms with Crippen LogP contribution in [0.5, 0.6) is 0 Å². The molecule has 5 nitrogen and oxygen atoms in total. The predicted molar refractivity (Wildman–Crippen MR) is 118 cm³/mol. The van der Waals surface area contributed by atoms with E-state index in [4.69, 9.17) is 13.9 Å². The minimum atomic E-state index is -1.91. The summed E-state index contributed by atoms with van der Waals surface area (Å²) in [6, 6.07) is 0. The number of hydrogen-bond acceptors (Lipinski definition) is 5. The fraction of sp³-hybridized carbons (Fsp3) is 0.957. The van der Waals surface area contributed by atoms with E-state index in [-0.39, 0.29) is 22.2 Å². The van der Waals surface area contributed by atoms with Crippen molar-refractivity contribution < 1.29 is 23.8 Å². The van der Waals surface area contributed by atoms with Gasteiger partial charge in [0.1, 0.15) is 5.60 Å². The molecule has 2 aliphatic rings. The molecule has 0 unspecified atom stereocenters. The summed E-state index contributed by atoms with van der Waals surface area (Å²) in [6.45, 7) is 19.2. The van der Waals surface area contributed by atoms with Gasteiger partial charge in [0.25, 0.3) is 0 Å². The first-order valence-corrected chi connectivity index (χ1v) is 14.3. The van der Waals surface area contributed by atoms with Gasteiger partial charge in [0.05, 0.1) is 13.2 Å². The average Bonchev–Trinajstić information content (AvgIpc) is 3.06. The summed E-state index contributed by atoms with van der Waals surface area (Å²) in [7, 11) is -1.91. The van der Waals surface area contributed by atoms with E-state index in [1.165, 1.54) is 0 Å². The number of rotatable bonds is 8. The highest BCUT2D eigenvalue weighted by molar-refractivity contribution is 6.74. The van der Waals surface area contributed by atoms with Crippen molar-refractivity contribution in [1.82, 2.24) is 0 Å². The third kappa shape index (κ3) is 5.32. The largest absolute Gasteiger partial charge is 0.416 e. The van der Waals surface area contributed by atoms with Gasteiger partial charge in [-0.2, -0.15) is 0 Å². The number of ketones is 1. The summed E-state index contributed by atoms with van der Waals surface area (Å²) in [5.41, 5.74) is -1.55. The molecule has 0 amide bonds. The molecule has 1 saturated carbocycles. The first-order chi connectivity index (χ1) is 13.2. The van der Waals surface area contributed by atoms with Crippen LogP contribution >= 0.6 is 0 Å². The number of aliphatic hydroxyl groups is 1. The molecule has 0 bridgehead atoms. The standard InChI is InChI=1S/C23H44O5Si/c1-9-10-18-21(5,17-28-29(7,8)20(2,3)4)12-11-19(24)23(18,25)14-13-22(6)26-15-16-27-22/h18,25H,9-17H2,1-8H3/t18-,21-,23+/m1/s1. The van der Waals surface area contributed by atoms with E-state index in [1.54, 1.807) is 0 Å². The Morgan fingerprint density at radius 2 is 1.76 bits per heavy atom. The molecule has 2 rings (SSSR count). The third-order valence-corrected chi connectivity index (χ3v) is 12.3. The SMILES string of the molecule is CCC[C@@H]1[C@@](C)(CO[Si](C)(C)C(C)(C)C)CCC(=O)[C@]1(O)CCC1(C)OCCO1. The van der Waals surface area contributed by atoms with Crippen LogP contribution in [0.25, 0.3) is 0 Å². The molecule has 0 aromatic carbocycles. The number of carbonyl (C=O) groups excluding carboxylic acids is 1. The van der Waals surface area contributed by atoms with E-state index in [0.29, 0.717) is 39.1 Å². The van der Waals surface area contributed by atoms with Gasteiger partial charge in [-0.1, -0.05) is 41.0 Å². The topological polar surface area (TPSA) is 65.0 Å². The summed E-state index contributed by atoms with van der Waals surface area (Å²) in [5.74, 6) is -0.837. The van der Waals surface area contributed by atoms with Crippen molar-refractivity contribution in [2.45, 2.75) is 110 Å². The fourth-order valence-corrected chi connectivity index (χ4v) is 5.73. The van der Waals surface area contributed by atoms with Crippen LogP contribution in [0, 0.1) is 11.3 Å². The first kappa shape index (κ1) is 25.0. The van der Waals surface area contributed by atoms with Crippen LogP contribution in [-0.2, 0) is 18.7 Å². The number of carbonyl (C=O) groups is 1. The Morgan fingerprint density at radius 3 is 2.28 bits per heavy atom. The maximum atomic E-state index is 13.0. The van der Waals surface area contributed by atoms with Gasteiger partial charge in [0.15, 0.2) is 19.9 Å². The lowest BCUT2D eigenvalue weighted by Crippen LogP contribution is -2.59. The first-order valence-electron chi connectivity index (χ1n) is 11.4. The number of hydrogen-bond donors (Lipinski definition) is 1. The summed E-state index contributed by atoms with van der Waals surface area (Å²) in [4.78, 5) is 13.0. The van der Waals surface area contributed by atoms with E-state index in [0.717, 1.165) is 19.3 Å². The van der Waals surface area contributed by atoms with Gasteiger partial charge in [-0.3, -0.25) is 4.79 Å². The van der Waals surface area contributed by atoms with Crippen molar-refractivity contribution in [2.75, 3.05) is 19.8 Å². The summed E-state index contributed by atoms with van der Waals surface area (Å²) < 4.78 is 18.1. The fourth-order valence-electron chi connectivity index (χ4n) is 4.60. The zero-order chi connectivity index (χ0) is 22.1. The molecule has 1 aliphatic heterocycles. The Balaban J connectivity index is 2.22. The van der Waals surface area contributed by atoms with Crippen LogP contribution in [-0.4, -0.2) is 50.4 Å². The monoisotopic (exact) mass is 428 g/mol. The molecule has 1 N–H and O–H groups in total. The van der Waals surface area contributed by atoms with Gasteiger partial charge in [-0.15, -0.1) is 0 Å². The third-order valence-electron chi connectivity index (χ3n) is 7.83. The summed E-state index contributed by atoms with van der Waals surface area (Å²) >= 11 is 0. The van der Waals surface area contributed by atoms with Gasteiger partial charge in [-0.05, 0) is 49.7 Å². The zero-order valence-corrected chi connectivity index (χ0v) is 21.0. The number of Topliss-reactive ketones (excluding diaryl/α,β-unsaturated/α-hetero) is 1. The normalized spacial score (nSPS) is 33.3. The molecule has 170 valence electrons. The molecular formula is C23H44O5Si. The van der Waals surface area contributed by atoms with Crippen LogP contribution in [0.15, 0.2) is 0 Å². The Bertz CT molecular complexity index is 578. The molecule has 0 aromatic rings. The lowest BCUT2D eigenvalue weighted by molar-refractivity contribution is -0.182. The van der Waals surface area contributed by atoms with Gasteiger partial charge < -0.3 is 19.0 Å². The lowest BCUT2D eigenvalue weighted by Gasteiger charge is -2.52. The molecule has 0 radical (unpaired) electrons. The highest BCUT2D eigenvalue weighted by Crippen LogP contribution is 2.51. The molecule has 3 atom stereocenters. The van der Waals surface area contributed by atoms with Crippen LogP contribution < -0.4 is 0 Å². The van der Waals surface area contributed by atoms with Gasteiger partial charge in [0, 0.05) is 25.4 Å². The number of ether oxygens (including phenoxy) is 2. The molecule has 1 aliphatic carbocycles. The van der Waals surface area contributed by atoms with Crippen molar-refractivity contribution >= 4 is 14.1 Å². The van der Waals surface area contributed by atoms with Gasteiger partial charge >= 0.3 is 0 Å². The zero-order valence-electron chi connectivity index (χ0n) is 20.0. The van der Waals surface area contributed by atoms with Crippen LogP contribution in [0.2, 0.25) is 18.1 Å². The Morgan fingerprint density at radius 1 is 1.17 bits per heavy atom. The summed E-state index contributed by atoms with van der Waals surface area (Å²) in [5, 5.41) is 11.9. The van der Waals surface area contributed by atoms with Crippen LogP contribution in [0.1, 0.15) is 80.1 Å². The van der Waals surface area contributed by atoms with E-state index in [2.05, 4.69) is 47.7 Å². The Hall–Kier alpha value is -0.273. The lowest BCUT2D eigenvalue weighted by atomic mass is 9.57. The van der Waals surface area contributed by atoms with E-state index < -0.39 is 19.7 Å². The van der Waals surface area contributed by atoms with Crippen molar-refractivity contribution in [1.29, 1.82) is 0 Å². The predicted octanol–water partition coefficient (Wildman–Crippen LogP) is 5.07. The smallest absolute Gasteiger partial charge is 0.192 e. The van der Waals surface area contributed by atoms with Crippen LogP contribution in [0.3, 0.4) is 0 Å². The molecule has 29 heavy (non-hydrogen) atoms. The maximum Gasteiger partial charge on any atom is 0.192 e. The highest BCUT2D eigenvalue weighted by atomic mass is 28.4. The molecule has 0 spiro atoms. The Labute approximate surface area is 179 Å². The quantitative estimate of drug-likeness (QED) is 0.547. The molecule has 6 heteroatoms. The van der Waals surface area contributed by atoms with E-state index in [9.17, 15) is 9.90 Å². The second-order valence-electron chi connectivity index (χ2n) is 11.2. The second kappa shape index (κ2) is 8.70. The molecular weight excluding hydrogens is 384 g/mol. The minimum Gasteiger partial charge on any atom is -0.416 e. The van der Waals surface area contributed by atoms with Gasteiger partial charge in [-0.25, -0.2) is 0 Å². The summed E-state index contributed by atoms with van der Waals surface area (Å²) in [6.07, 6.45) is 3.83. The average molecular weight is 429 g/mol. The molecule has 1 saturated heterocycles. The van der Waals surface area contributed by atoms with Crippen molar-refractivity contribution in [3.8, 4) is 0 Å².